The van der Waals surface area contributed by atoms with Gasteiger partial charge in [-0.1, -0.05) is 23.2 Å². The lowest BCUT2D eigenvalue weighted by molar-refractivity contribution is -0.113. The van der Waals surface area contributed by atoms with Crippen molar-refractivity contribution in [3.63, 3.8) is 0 Å². The number of hydrogen-bond acceptors (Lipinski definition) is 4. The van der Waals surface area contributed by atoms with Crippen LogP contribution in [0.4, 0.5) is 10.5 Å². The molecule has 0 aromatic heterocycles. The monoisotopic (exact) mass is 376 g/mol. The SMILES string of the molecule is O=C1NC(=Cc2cc3c(cc2Cl)OCO3)C(=O)N1c1ccc(Cl)cc1. The number of rotatable bonds is 2. The van der Waals surface area contributed by atoms with Gasteiger partial charge < -0.3 is 14.8 Å². The van der Waals surface area contributed by atoms with E-state index in [0.717, 1.165) is 4.90 Å². The van der Waals surface area contributed by atoms with Gasteiger partial charge in [0.05, 0.1) is 10.7 Å². The highest BCUT2D eigenvalue weighted by atomic mass is 35.5. The number of amides is 3. The Morgan fingerprint density at radius 3 is 2.44 bits per heavy atom. The molecule has 0 aliphatic carbocycles. The van der Waals surface area contributed by atoms with Gasteiger partial charge in [-0.05, 0) is 42.0 Å². The summed E-state index contributed by atoms with van der Waals surface area (Å²) >= 11 is 12.0. The van der Waals surface area contributed by atoms with Gasteiger partial charge in [0, 0.05) is 11.1 Å². The van der Waals surface area contributed by atoms with E-state index >= 15 is 0 Å². The molecule has 4 rings (SSSR count). The number of hydrogen-bond donors (Lipinski definition) is 1. The molecule has 0 unspecified atom stereocenters. The Bertz CT molecular complexity index is 925. The number of nitrogens with one attached hydrogen (secondary N) is 1. The summed E-state index contributed by atoms with van der Waals surface area (Å²) in [5.41, 5.74) is 1.07. The normalized spacial score (nSPS) is 17.4. The number of nitrogens with zero attached hydrogens (tertiary/aromatic N) is 1. The van der Waals surface area contributed by atoms with Crippen LogP contribution in [-0.4, -0.2) is 18.7 Å². The lowest BCUT2D eigenvalue weighted by Crippen LogP contribution is -2.30. The molecule has 0 saturated carbocycles. The number of carbonyl (C=O) groups is 2. The zero-order valence-electron chi connectivity index (χ0n) is 12.6. The molecule has 25 heavy (non-hydrogen) atoms. The minimum absolute atomic E-state index is 0.112. The van der Waals surface area contributed by atoms with Crippen LogP contribution < -0.4 is 19.7 Å². The van der Waals surface area contributed by atoms with E-state index in [2.05, 4.69) is 5.32 Å². The molecule has 6 nitrogen and oxygen atoms in total. The number of urea groups is 1. The van der Waals surface area contributed by atoms with Crippen molar-refractivity contribution >= 4 is 46.9 Å². The molecule has 1 saturated heterocycles. The molecule has 3 amide bonds. The Balaban J connectivity index is 1.68. The number of carbonyl (C=O) groups excluding carboxylic acids is 2. The van der Waals surface area contributed by atoms with Gasteiger partial charge in [-0.3, -0.25) is 4.79 Å². The second-order valence-corrected chi connectivity index (χ2v) is 6.18. The summed E-state index contributed by atoms with van der Waals surface area (Å²) in [6.07, 6.45) is 1.50. The van der Waals surface area contributed by atoms with Gasteiger partial charge in [-0.25, -0.2) is 9.69 Å². The summed E-state index contributed by atoms with van der Waals surface area (Å²) in [7, 11) is 0. The summed E-state index contributed by atoms with van der Waals surface area (Å²) in [6, 6.07) is 9.11. The fourth-order valence-electron chi connectivity index (χ4n) is 2.56. The molecule has 1 N–H and O–H groups in total. The molecule has 0 atom stereocenters. The third kappa shape index (κ3) is 2.79. The van der Waals surface area contributed by atoms with E-state index in [4.69, 9.17) is 32.7 Å². The van der Waals surface area contributed by atoms with Crippen molar-refractivity contribution in [1.82, 2.24) is 5.32 Å². The standard InChI is InChI=1S/C17H10Cl2N2O4/c18-10-1-3-11(4-2-10)21-16(22)13(20-17(21)23)5-9-6-14-15(7-12(9)19)25-8-24-14/h1-7H,8H2,(H,20,23). The molecule has 2 heterocycles. The van der Waals surface area contributed by atoms with Gasteiger partial charge in [0.1, 0.15) is 5.70 Å². The maximum absolute atomic E-state index is 12.6. The zero-order chi connectivity index (χ0) is 17.6. The minimum atomic E-state index is -0.546. The number of halogens is 2. The van der Waals surface area contributed by atoms with Crippen LogP contribution in [0.1, 0.15) is 5.56 Å². The Kier molecular flexibility index (Phi) is 3.78. The molecule has 2 aliphatic heterocycles. The predicted molar refractivity (Wildman–Crippen MR) is 93.0 cm³/mol. The molecule has 0 bridgehead atoms. The molecule has 2 aromatic rings. The van der Waals surface area contributed by atoms with Crippen molar-refractivity contribution in [2.24, 2.45) is 0 Å². The van der Waals surface area contributed by atoms with E-state index in [0.29, 0.717) is 32.8 Å². The van der Waals surface area contributed by atoms with Gasteiger partial charge in [-0.15, -0.1) is 0 Å². The summed E-state index contributed by atoms with van der Waals surface area (Å²) in [6.45, 7) is 0.117. The van der Waals surface area contributed by atoms with Crippen molar-refractivity contribution in [1.29, 1.82) is 0 Å². The van der Waals surface area contributed by atoms with Gasteiger partial charge in [0.2, 0.25) is 6.79 Å². The highest BCUT2D eigenvalue weighted by Crippen LogP contribution is 2.37. The first kappa shape index (κ1) is 15.8. The Labute approximate surface area is 152 Å². The maximum Gasteiger partial charge on any atom is 0.333 e. The van der Waals surface area contributed by atoms with Crippen LogP contribution in [0, 0.1) is 0 Å². The van der Waals surface area contributed by atoms with Gasteiger partial charge in [0.15, 0.2) is 11.5 Å². The number of anilines is 1. The molecular weight excluding hydrogens is 367 g/mol. The highest BCUT2D eigenvalue weighted by Gasteiger charge is 2.35. The molecule has 126 valence electrons. The van der Waals surface area contributed by atoms with Crippen LogP contribution in [0.2, 0.25) is 10.0 Å². The largest absolute Gasteiger partial charge is 0.454 e. The van der Waals surface area contributed by atoms with Gasteiger partial charge in [-0.2, -0.15) is 0 Å². The first-order valence-corrected chi connectivity index (χ1v) is 8.00. The van der Waals surface area contributed by atoms with Crippen LogP contribution in [-0.2, 0) is 4.79 Å². The van der Waals surface area contributed by atoms with Crippen molar-refractivity contribution in [3.05, 3.63) is 57.7 Å². The lowest BCUT2D eigenvalue weighted by atomic mass is 10.1. The predicted octanol–water partition coefficient (Wildman–Crippen LogP) is 3.82. The summed E-state index contributed by atoms with van der Waals surface area (Å²) in [5.74, 6) is 0.584. The van der Waals surface area contributed by atoms with Crippen LogP contribution in [0.15, 0.2) is 42.1 Å². The van der Waals surface area contributed by atoms with Crippen LogP contribution >= 0.6 is 23.2 Å². The van der Waals surface area contributed by atoms with E-state index in [9.17, 15) is 9.59 Å². The summed E-state index contributed by atoms with van der Waals surface area (Å²) in [4.78, 5) is 25.8. The lowest BCUT2D eigenvalue weighted by Gasteiger charge is -2.11. The number of benzene rings is 2. The third-order valence-corrected chi connectivity index (χ3v) is 4.33. The Morgan fingerprint density at radius 1 is 1.04 bits per heavy atom. The second-order valence-electron chi connectivity index (χ2n) is 5.33. The fourth-order valence-corrected chi connectivity index (χ4v) is 2.89. The first-order chi connectivity index (χ1) is 12.0. The number of imide groups is 1. The molecule has 1 fully saturated rings. The molecular formula is C17H10Cl2N2O4. The zero-order valence-corrected chi connectivity index (χ0v) is 14.1. The fraction of sp³-hybridized carbons (Fsp3) is 0.0588. The van der Waals surface area contributed by atoms with Gasteiger partial charge in [0.25, 0.3) is 5.91 Å². The van der Waals surface area contributed by atoms with Crippen molar-refractivity contribution in [3.8, 4) is 11.5 Å². The average molecular weight is 377 g/mol. The smallest absolute Gasteiger partial charge is 0.333 e. The molecule has 2 aromatic carbocycles. The van der Waals surface area contributed by atoms with E-state index in [1.807, 2.05) is 0 Å². The first-order valence-electron chi connectivity index (χ1n) is 7.25. The molecule has 0 radical (unpaired) electrons. The quantitative estimate of drug-likeness (QED) is 0.638. The van der Waals surface area contributed by atoms with Crippen LogP contribution in [0.3, 0.4) is 0 Å². The topological polar surface area (TPSA) is 67.9 Å². The van der Waals surface area contributed by atoms with Gasteiger partial charge >= 0.3 is 6.03 Å². The molecule has 8 heteroatoms. The highest BCUT2D eigenvalue weighted by molar-refractivity contribution is 6.33. The van der Waals surface area contributed by atoms with Crippen molar-refractivity contribution in [2.45, 2.75) is 0 Å². The Morgan fingerprint density at radius 2 is 1.72 bits per heavy atom. The third-order valence-electron chi connectivity index (χ3n) is 3.75. The molecule has 0 spiro atoms. The average Bonchev–Trinajstić information content (AvgIpc) is 3.13. The minimum Gasteiger partial charge on any atom is -0.454 e. The Hall–Kier alpha value is -2.70. The van der Waals surface area contributed by atoms with E-state index in [1.54, 1.807) is 36.4 Å². The van der Waals surface area contributed by atoms with E-state index < -0.39 is 11.9 Å². The summed E-state index contributed by atoms with van der Waals surface area (Å²) in [5, 5.41) is 3.44. The molecule has 2 aliphatic rings. The van der Waals surface area contributed by atoms with Crippen molar-refractivity contribution in [2.75, 3.05) is 11.7 Å². The number of fused-ring (bicyclic) bond motifs is 1. The maximum atomic E-state index is 12.6. The summed E-state index contributed by atoms with van der Waals surface area (Å²) < 4.78 is 10.5. The van der Waals surface area contributed by atoms with E-state index in [1.165, 1.54) is 6.08 Å². The van der Waals surface area contributed by atoms with E-state index in [-0.39, 0.29) is 12.5 Å². The number of ether oxygens (including phenoxy) is 2. The van der Waals surface area contributed by atoms with Crippen LogP contribution in [0.25, 0.3) is 6.08 Å². The second kappa shape index (κ2) is 5.98. The van der Waals surface area contributed by atoms with Crippen LogP contribution in [0.5, 0.6) is 11.5 Å². The van der Waals surface area contributed by atoms with Crippen molar-refractivity contribution < 1.29 is 19.1 Å².